The summed E-state index contributed by atoms with van der Waals surface area (Å²) in [6, 6.07) is 12.1. The molecule has 1 atom stereocenters. The van der Waals surface area contributed by atoms with Gasteiger partial charge in [-0.05, 0) is 31.2 Å². The molecular weight excluding hydrogens is 456 g/mol. The van der Waals surface area contributed by atoms with Crippen molar-refractivity contribution in [1.82, 2.24) is 24.5 Å². The maximum atomic E-state index is 13.8. The van der Waals surface area contributed by atoms with E-state index in [2.05, 4.69) is 15.3 Å². The molecular formula is C25H21F2N5O3. The SMILES string of the molecule is COCCOc1cnc2c(C(C)n3nnc4ccn(-c5ccc(F)c(F)c5)c(=O)c43)cccc2c1. The van der Waals surface area contributed by atoms with Crippen LogP contribution in [-0.2, 0) is 4.74 Å². The maximum absolute atomic E-state index is 13.8. The Bertz CT molecular complexity index is 1600. The Morgan fingerprint density at radius 1 is 1.06 bits per heavy atom. The van der Waals surface area contributed by atoms with Gasteiger partial charge in [0.15, 0.2) is 17.2 Å². The lowest BCUT2D eigenvalue weighted by Gasteiger charge is -2.16. The van der Waals surface area contributed by atoms with Crippen LogP contribution < -0.4 is 10.3 Å². The highest BCUT2D eigenvalue weighted by Gasteiger charge is 2.20. The normalized spacial score (nSPS) is 12.3. The molecule has 10 heteroatoms. The zero-order valence-corrected chi connectivity index (χ0v) is 19.0. The first-order valence-electron chi connectivity index (χ1n) is 10.9. The third-order valence-electron chi connectivity index (χ3n) is 5.79. The molecule has 0 aliphatic heterocycles. The molecule has 0 saturated heterocycles. The summed E-state index contributed by atoms with van der Waals surface area (Å²) < 4.78 is 40.6. The van der Waals surface area contributed by atoms with E-state index < -0.39 is 23.2 Å². The van der Waals surface area contributed by atoms with Crippen LogP contribution in [0, 0.1) is 11.6 Å². The lowest BCUT2D eigenvalue weighted by atomic mass is 10.0. The smallest absolute Gasteiger partial charge is 0.282 e. The molecule has 2 aromatic carbocycles. The number of benzene rings is 2. The largest absolute Gasteiger partial charge is 0.490 e. The topological polar surface area (TPSA) is 84.1 Å². The molecule has 0 spiro atoms. The van der Waals surface area contributed by atoms with Crippen molar-refractivity contribution in [3.05, 3.63) is 88.5 Å². The highest BCUT2D eigenvalue weighted by molar-refractivity contribution is 5.83. The number of fused-ring (bicyclic) bond motifs is 2. The van der Waals surface area contributed by atoms with Gasteiger partial charge in [0.05, 0.1) is 30.0 Å². The van der Waals surface area contributed by atoms with Gasteiger partial charge in [-0.2, -0.15) is 0 Å². The van der Waals surface area contributed by atoms with Crippen LogP contribution in [-0.4, -0.2) is 44.9 Å². The summed E-state index contributed by atoms with van der Waals surface area (Å²) >= 11 is 0. The molecule has 0 fully saturated rings. The van der Waals surface area contributed by atoms with E-state index in [4.69, 9.17) is 9.47 Å². The Labute approximate surface area is 198 Å². The lowest BCUT2D eigenvalue weighted by molar-refractivity contribution is 0.146. The van der Waals surface area contributed by atoms with Crippen LogP contribution in [0.25, 0.3) is 27.6 Å². The standard InChI is InChI=1S/C25H21F2N5O3/c1-15(19-5-3-4-16-12-18(14-28-23(16)19)35-11-10-34-2)32-24-22(29-30-32)8-9-31(25(24)33)17-6-7-20(26)21(27)13-17/h3-9,12-15H,10-11H2,1-2H3. The van der Waals surface area contributed by atoms with Crippen LogP contribution in [0.4, 0.5) is 8.78 Å². The van der Waals surface area contributed by atoms with Gasteiger partial charge >= 0.3 is 0 Å². The Morgan fingerprint density at radius 2 is 1.91 bits per heavy atom. The summed E-state index contributed by atoms with van der Waals surface area (Å²) in [5.41, 5.74) is 1.94. The van der Waals surface area contributed by atoms with E-state index in [9.17, 15) is 13.6 Å². The number of hydrogen-bond acceptors (Lipinski definition) is 6. The molecule has 0 bridgehead atoms. The maximum Gasteiger partial charge on any atom is 0.282 e. The van der Waals surface area contributed by atoms with Crippen LogP contribution in [0.2, 0.25) is 0 Å². The zero-order chi connectivity index (χ0) is 24.5. The van der Waals surface area contributed by atoms with Crippen molar-refractivity contribution in [2.24, 2.45) is 0 Å². The van der Waals surface area contributed by atoms with Gasteiger partial charge in [0, 0.05) is 30.3 Å². The van der Waals surface area contributed by atoms with Gasteiger partial charge in [-0.3, -0.25) is 14.3 Å². The fourth-order valence-corrected chi connectivity index (χ4v) is 4.02. The zero-order valence-electron chi connectivity index (χ0n) is 19.0. The molecule has 178 valence electrons. The summed E-state index contributed by atoms with van der Waals surface area (Å²) in [5.74, 6) is -1.40. The quantitative estimate of drug-likeness (QED) is 0.329. The molecule has 0 amide bonds. The average molecular weight is 477 g/mol. The molecule has 0 saturated carbocycles. The van der Waals surface area contributed by atoms with Crippen LogP contribution >= 0.6 is 0 Å². The van der Waals surface area contributed by atoms with Crippen molar-refractivity contribution < 1.29 is 18.3 Å². The van der Waals surface area contributed by atoms with Gasteiger partial charge in [0.25, 0.3) is 5.56 Å². The number of ether oxygens (including phenoxy) is 2. The molecule has 3 heterocycles. The van der Waals surface area contributed by atoms with E-state index in [0.29, 0.717) is 24.5 Å². The number of para-hydroxylation sites is 1. The lowest BCUT2D eigenvalue weighted by Crippen LogP contribution is -2.22. The second-order valence-corrected chi connectivity index (χ2v) is 7.96. The highest BCUT2D eigenvalue weighted by atomic mass is 19.2. The van der Waals surface area contributed by atoms with Gasteiger partial charge in [-0.15, -0.1) is 5.10 Å². The molecule has 0 aliphatic rings. The van der Waals surface area contributed by atoms with Gasteiger partial charge in [-0.1, -0.05) is 23.4 Å². The number of halogens is 2. The molecule has 3 aromatic heterocycles. The first-order chi connectivity index (χ1) is 17.0. The van der Waals surface area contributed by atoms with Gasteiger partial charge < -0.3 is 9.47 Å². The van der Waals surface area contributed by atoms with Crippen molar-refractivity contribution in [2.75, 3.05) is 20.3 Å². The van der Waals surface area contributed by atoms with Crippen molar-refractivity contribution in [3.63, 3.8) is 0 Å². The van der Waals surface area contributed by atoms with Crippen LogP contribution in [0.3, 0.4) is 0 Å². The van der Waals surface area contributed by atoms with Crippen molar-refractivity contribution in [1.29, 1.82) is 0 Å². The molecule has 0 aliphatic carbocycles. The third kappa shape index (κ3) is 4.12. The number of hydrogen-bond donors (Lipinski definition) is 0. The fraction of sp³-hybridized carbons (Fsp3) is 0.200. The molecule has 0 radical (unpaired) electrons. The molecule has 0 N–H and O–H groups in total. The number of nitrogens with zero attached hydrogens (tertiary/aromatic N) is 5. The molecule has 8 nitrogen and oxygen atoms in total. The minimum absolute atomic E-state index is 0.198. The van der Waals surface area contributed by atoms with Crippen LogP contribution in [0.1, 0.15) is 18.5 Å². The van der Waals surface area contributed by atoms with Gasteiger partial charge in [-0.25, -0.2) is 13.5 Å². The van der Waals surface area contributed by atoms with E-state index in [1.807, 2.05) is 31.2 Å². The fourth-order valence-electron chi connectivity index (χ4n) is 4.02. The minimum atomic E-state index is -1.04. The molecule has 5 aromatic rings. The van der Waals surface area contributed by atoms with Crippen molar-refractivity contribution >= 4 is 21.9 Å². The van der Waals surface area contributed by atoms with Crippen molar-refractivity contribution in [2.45, 2.75) is 13.0 Å². The highest BCUT2D eigenvalue weighted by Crippen LogP contribution is 2.28. The summed E-state index contributed by atoms with van der Waals surface area (Å²) in [6.07, 6.45) is 3.11. The third-order valence-corrected chi connectivity index (χ3v) is 5.79. The van der Waals surface area contributed by atoms with Crippen LogP contribution in [0.5, 0.6) is 5.75 Å². The second-order valence-electron chi connectivity index (χ2n) is 7.96. The summed E-state index contributed by atoms with van der Waals surface area (Å²) in [7, 11) is 1.61. The Balaban J connectivity index is 1.57. The summed E-state index contributed by atoms with van der Waals surface area (Å²) in [5, 5.41) is 9.24. The van der Waals surface area contributed by atoms with E-state index in [-0.39, 0.29) is 11.2 Å². The number of aromatic nitrogens is 5. The Hall–Kier alpha value is -4.18. The van der Waals surface area contributed by atoms with E-state index in [0.717, 1.165) is 28.6 Å². The number of rotatable bonds is 7. The van der Waals surface area contributed by atoms with Gasteiger partial charge in [0.1, 0.15) is 17.9 Å². The first kappa shape index (κ1) is 22.6. The average Bonchev–Trinajstić information content (AvgIpc) is 3.30. The number of pyridine rings is 2. The van der Waals surface area contributed by atoms with E-state index in [1.54, 1.807) is 19.4 Å². The molecule has 5 rings (SSSR count). The van der Waals surface area contributed by atoms with Crippen LogP contribution in [0.15, 0.2) is 65.7 Å². The monoisotopic (exact) mass is 477 g/mol. The predicted molar refractivity (Wildman–Crippen MR) is 126 cm³/mol. The Kier molecular flexibility index (Phi) is 5.96. The molecule has 1 unspecified atom stereocenters. The predicted octanol–water partition coefficient (Wildman–Crippen LogP) is 4.04. The second kappa shape index (κ2) is 9.22. The van der Waals surface area contributed by atoms with E-state index in [1.165, 1.54) is 21.5 Å². The summed E-state index contributed by atoms with van der Waals surface area (Å²) in [4.78, 5) is 18.0. The van der Waals surface area contributed by atoms with Gasteiger partial charge in [0.2, 0.25) is 0 Å². The Morgan fingerprint density at radius 3 is 2.71 bits per heavy atom. The minimum Gasteiger partial charge on any atom is -0.490 e. The van der Waals surface area contributed by atoms with Crippen molar-refractivity contribution in [3.8, 4) is 11.4 Å². The first-order valence-corrected chi connectivity index (χ1v) is 10.9. The summed E-state index contributed by atoms with van der Waals surface area (Å²) in [6.45, 7) is 2.77. The molecule has 35 heavy (non-hydrogen) atoms. The number of methoxy groups -OCH3 is 1. The van der Waals surface area contributed by atoms with E-state index >= 15 is 0 Å².